The molecular formula is C18H21N3. The van der Waals surface area contributed by atoms with Crippen molar-refractivity contribution in [3.8, 4) is 0 Å². The second kappa shape index (κ2) is 5.60. The third-order valence-electron chi connectivity index (χ3n) is 3.86. The molecule has 3 nitrogen and oxygen atoms in total. The minimum atomic E-state index is 0.508. The van der Waals surface area contributed by atoms with Gasteiger partial charge in [0.25, 0.3) is 0 Å². The van der Waals surface area contributed by atoms with Crippen LogP contribution < -0.4 is 5.32 Å². The molecule has 0 aliphatic rings. The third kappa shape index (κ3) is 2.64. The third-order valence-corrected chi connectivity index (χ3v) is 3.86. The Labute approximate surface area is 125 Å². The van der Waals surface area contributed by atoms with Crippen LogP contribution in [0, 0.1) is 0 Å². The van der Waals surface area contributed by atoms with Gasteiger partial charge in [-0.2, -0.15) is 5.10 Å². The van der Waals surface area contributed by atoms with E-state index < -0.39 is 0 Å². The van der Waals surface area contributed by atoms with Gasteiger partial charge >= 0.3 is 0 Å². The Kier molecular flexibility index (Phi) is 3.65. The summed E-state index contributed by atoms with van der Waals surface area (Å²) in [4.78, 5) is 0. The van der Waals surface area contributed by atoms with Gasteiger partial charge in [0.05, 0.1) is 17.8 Å². The number of nitrogens with one attached hydrogen (secondary N) is 1. The lowest BCUT2D eigenvalue weighted by molar-refractivity contribution is 0.771. The number of nitrogens with zero attached hydrogens (tertiary/aromatic N) is 2. The molecule has 0 atom stereocenters. The van der Waals surface area contributed by atoms with E-state index in [1.54, 1.807) is 0 Å². The molecule has 0 radical (unpaired) electrons. The van der Waals surface area contributed by atoms with Crippen LogP contribution in [0.2, 0.25) is 0 Å². The zero-order valence-corrected chi connectivity index (χ0v) is 12.8. The Morgan fingerprint density at radius 2 is 1.76 bits per heavy atom. The lowest BCUT2D eigenvalue weighted by Crippen LogP contribution is -2.04. The maximum absolute atomic E-state index is 4.63. The number of aromatic nitrogens is 2. The van der Waals surface area contributed by atoms with Gasteiger partial charge in [-0.3, -0.25) is 4.68 Å². The average Bonchev–Trinajstić information content (AvgIpc) is 2.82. The van der Waals surface area contributed by atoms with Crippen LogP contribution in [0.15, 0.2) is 48.5 Å². The molecule has 0 saturated heterocycles. The lowest BCUT2D eigenvalue weighted by atomic mass is 10.0. The molecule has 0 amide bonds. The van der Waals surface area contributed by atoms with Crippen LogP contribution >= 0.6 is 0 Å². The zero-order chi connectivity index (χ0) is 14.8. The first kappa shape index (κ1) is 13.7. The number of hydrogen-bond acceptors (Lipinski definition) is 2. The standard InChI is InChI=1S/C18H21N3/c1-13(2)14-8-4-6-10-16(14)19-12-17-15-9-5-7-11-18(15)21(3)20-17/h4-11,13,19H,12H2,1-3H3. The molecule has 0 bridgehead atoms. The van der Waals surface area contributed by atoms with Crippen LogP contribution in [0.1, 0.15) is 31.0 Å². The molecule has 0 unspecified atom stereocenters. The first-order chi connectivity index (χ1) is 10.2. The number of fused-ring (bicyclic) bond motifs is 1. The van der Waals surface area contributed by atoms with Gasteiger partial charge < -0.3 is 5.32 Å². The largest absolute Gasteiger partial charge is 0.379 e. The molecule has 1 N–H and O–H groups in total. The fourth-order valence-corrected chi connectivity index (χ4v) is 2.76. The first-order valence-corrected chi connectivity index (χ1v) is 7.40. The second-order valence-corrected chi connectivity index (χ2v) is 5.68. The van der Waals surface area contributed by atoms with Crippen molar-refractivity contribution in [1.82, 2.24) is 9.78 Å². The number of para-hydroxylation sites is 2. The van der Waals surface area contributed by atoms with E-state index in [1.165, 1.54) is 22.2 Å². The second-order valence-electron chi connectivity index (χ2n) is 5.68. The summed E-state index contributed by atoms with van der Waals surface area (Å²) < 4.78 is 1.95. The predicted molar refractivity (Wildman–Crippen MR) is 88.6 cm³/mol. The fraction of sp³-hybridized carbons (Fsp3) is 0.278. The molecule has 3 heteroatoms. The van der Waals surface area contributed by atoms with Crippen molar-refractivity contribution in [2.45, 2.75) is 26.3 Å². The molecule has 1 aromatic heterocycles. The van der Waals surface area contributed by atoms with Crippen molar-refractivity contribution in [1.29, 1.82) is 0 Å². The molecule has 21 heavy (non-hydrogen) atoms. The smallest absolute Gasteiger partial charge is 0.0894 e. The Balaban J connectivity index is 1.88. The summed E-state index contributed by atoms with van der Waals surface area (Å²) in [6.07, 6.45) is 0. The summed E-state index contributed by atoms with van der Waals surface area (Å²) in [5.41, 5.74) is 4.80. The van der Waals surface area contributed by atoms with E-state index in [1.807, 2.05) is 11.7 Å². The Morgan fingerprint density at radius 1 is 1.05 bits per heavy atom. The molecule has 0 aliphatic heterocycles. The van der Waals surface area contributed by atoms with Crippen molar-refractivity contribution < 1.29 is 0 Å². The molecule has 3 aromatic rings. The summed E-state index contributed by atoms with van der Waals surface area (Å²) in [5.74, 6) is 0.508. The first-order valence-electron chi connectivity index (χ1n) is 7.40. The minimum absolute atomic E-state index is 0.508. The van der Waals surface area contributed by atoms with Gasteiger partial charge in [-0.15, -0.1) is 0 Å². The van der Waals surface area contributed by atoms with Crippen molar-refractivity contribution in [3.05, 3.63) is 59.8 Å². The van der Waals surface area contributed by atoms with E-state index in [0.29, 0.717) is 5.92 Å². The van der Waals surface area contributed by atoms with E-state index in [-0.39, 0.29) is 0 Å². The summed E-state index contributed by atoms with van der Waals surface area (Å²) in [6, 6.07) is 16.8. The van der Waals surface area contributed by atoms with Crippen LogP contribution in [-0.4, -0.2) is 9.78 Å². The summed E-state index contributed by atoms with van der Waals surface area (Å²) in [5, 5.41) is 9.39. The van der Waals surface area contributed by atoms with Gasteiger partial charge in [0.15, 0.2) is 0 Å². The van der Waals surface area contributed by atoms with Crippen molar-refractivity contribution >= 4 is 16.6 Å². The number of rotatable bonds is 4. The van der Waals surface area contributed by atoms with Gasteiger partial charge in [0.2, 0.25) is 0 Å². The zero-order valence-electron chi connectivity index (χ0n) is 12.8. The van der Waals surface area contributed by atoms with Crippen LogP contribution in [0.3, 0.4) is 0 Å². The Hall–Kier alpha value is -2.29. The van der Waals surface area contributed by atoms with Gasteiger partial charge in [-0.05, 0) is 23.6 Å². The number of aryl methyl sites for hydroxylation is 1. The van der Waals surface area contributed by atoms with Crippen LogP contribution in [-0.2, 0) is 13.6 Å². The highest BCUT2D eigenvalue weighted by atomic mass is 15.3. The predicted octanol–water partition coefficient (Wildman–Crippen LogP) is 4.31. The Bertz CT molecular complexity index is 756. The molecule has 0 saturated carbocycles. The molecule has 0 fully saturated rings. The normalized spacial score (nSPS) is 11.2. The Morgan fingerprint density at radius 3 is 2.57 bits per heavy atom. The number of anilines is 1. The molecular weight excluding hydrogens is 258 g/mol. The molecule has 108 valence electrons. The summed E-state index contributed by atoms with van der Waals surface area (Å²) in [7, 11) is 1.99. The summed E-state index contributed by atoms with van der Waals surface area (Å²) >= 11 is 0. The molecule has 2 aromatic carbocycles. The maximum Gasteiger partial charge on any atom is 0.0894 e. The molecule has 1 heterocycles. The minimum Gasteiger partial charge on any atom is -0.379 e. The van der Waals surface area contributed by atoms with Crippen molar-refractivity contribution in [2.75, 3.05) is 5.32 Å². The maximum atomic E-state index is 4.63. The van der Waals surface area contributed by atoms with Crippen molar-refractivity contribution in [3.63, 3.8) is 0 Å². The average molecular weight is 279 g/mol. The molecule has 3 rings (SSSR count). The van der Waals surface area contributed by atoms with Crippen LogP contribution in [0.5, 0.6) is 0 Å². The highest BCUT2D eigenvalue weighted by Gasteiger charge is 2.09. The SMILES string of the molecule is CC(C)c1ccccc1NCc1nn(C)c2ccccc12. The van der Waals surface area contributed by atoms with E-state index in [9.17, 15) is 0 Å². The highest BCUT2D eigenvalue weighted by Crippen LogP contribution is 2.25. The van der Waals surface area contributed by atoms with Crippen LogP contribution in [0.25, 0.3) is 10.9 Å². The van der Waals surface area contributed by atoms with E-state index in [4.69, 9.17) is 0 Å². The monoisotopic (exact) mass is 279 g/mol. The van der Waals surface area contributed by atoms with Gasteiger partial charge in [0.1, 0.15) is 0 Å². The van der Waals surface area contributed by atoms with Crippen LogP contribution in [0.4, 0.5) is 5.69 Å². The van der Waals surface area contributed by atoms with E-state index in [2.05, 4.69) is 72.8 Å². The number of benzene rings is 2. The lowest BCUT2D eigenvalue weighted by Gasteiger charge is -2.13. The highest BCUT2D eigenvalue weighted by molar-refractivity contribution is 5.82. The van der Waals surface area contributed by atoms with Gasteiger partial charge in [-0.25, -0.2) is 0 Å². The molecule has 0 aliphatic carbocycles. The number of hydrogen-bond donors (Lipinski definition) is 1. The van der Waals surface area contributed by atoms with Crippen molar-refractivity contribution in [2.24, 2.45) is 7.05 Å². The van der Waals surface area contributed by atoms with E-state index in [0.717, 1.165) is 12.2 Å². The topological polar surface area (TPSA) is 29.9 Å². The fourth-order valence-electron chi connectivity index (χ4n) is 2.76. The van der Waals surface area contributed by atoms with E-state index >= 15 is 0 Å². The van der Waals surface area contributed by atoms with Gasteiger partial charge in [0, 0.05) is 18.1 Å². The summed E-state index contributed by atoms with van der Waals surface area (Å²) in [6.45, 7) is 5.18. The quantitative estimate of drug-likeness (QED) is 0.771. The van der Waals surface area contributed by atoms with Gasteiger partial charge in [-0.1, -0.05) is 50.2 Å². The molecule has 0 spiro atoms.